The van der Waals surface area contributed by atoms with E-state index in [-0.39, 0.29) is 22.8 Å². The van der Waals surface area contributed by atoms with Gasteiger partial charge in [-0.25, -0.2) is 0 Å². The fraction of sp³-hybridized carbons (Fsp3) is 0.125. The Morgan fingerprint density at radius 2 is 1.75 bits per heavy atom. The van der Waals surface area contributed by atoms with Crippen LogP contribution >= 0.6 is 0 Å². The van der Waals surface area contributed by atoms with Crippen LogP contribution in [0.25, 0.3) is 0 Å². The maximum Gasteiger partial charge on any atom is 0.128 e. The first kappa shape index (κ1) is 8.39. The SMILES string of the molecule is C/C(=N/O)c1c(O)cccc1O. The van der Waals surface area contributed by atoms with Gasteiger partial charge in [0.15, 0.2) is 0 Å². The highest BCUT2D eigenvalue weighted by Crippen LogP contribution is 2.26. The number of oxime groups is 1. The van der Waals surface area contributed by atoms with Crippen LogP contribution in [0.3, 0.4) is 0 Å². The predicted molar refractivity (Wildman–Crippen MR) is 43.8 cm³/mol. The molecule has 0 saturated carbocycles. The average molecular weight is 167 g/mol. The minimum Gasteiger partial charge on any atom is -0.507 e. The molecular formula is C8H9NO3. The summed E-state index contributed by atoms with van der Waals surface area (Å²) >= 11 is 0. The Hall–Kier alpha value is -1.71. The van der Waals surface area contributed by atoms with Gasteiger partial charge in [-0.1, -0.05) is 11.2 Å². The van der Waals surface area contributed by atoms with Crippen LogP contribution in [0.5, 0.6) is 11.5 Å². The zero-order chi connectivity index (χ0) is 9.14. The van der Waals surface area contributed by atoms with E-state index in [0.717, 1.165) is 0 Å². The second-order valence-corrected chi connectivity index (χ2v) is 2.36. The lowest BCUT2D eigenvalue weighted by Crippen LogP contribution is -1.95. The van der Waals surface area contributed by atoms with Crippen LogP contribution in [0, 0.1) is 0 Å². The molecule has 3 N–H and O–H groups in total. The lowest BCUT2D eigenvalue weighted by molar-refractivity contribution is 0.318. The summed E-state index contributed by atoms with van der Waals surface area (Å²) in [6.45, 7) is 1.48. The van der Waals surface area contributed by atoms with E-state index in [4.69, 9.17) is 5.21 Å². The van der Waals surface area contributed by atoms with Gasteiger partial charge in [0, 0.05) is 0 Å². The zero-order valence-electron chi connectivity index (χ0n) is 6.52. The highest BCUT2D eigenvalue weighted by Gasteiger charge is 2.09. The molecule has 0 atom stereocenters. The number of benzene rings is 1. The fourth-order valence-corrected chi connectivity index (χ4v) is 0.949. The maximum atomic E-state index is 9.24. The molecule has 0 unspecified atom stereocenters. The maximum absolute atomic E-state index is 9.24. The van der Waals surface area contributed by atoms with Crippen LogP contribution in [0.1, 0.15) is 12.5 Å². The zero-order valence-corrected chi connectivity index (χ0v) is 6.52. The molecule has 64 valence electrons. The summed E-state index contributed by atoms with van der Waals surface area (Å²) in [6, 6.07) is 4.31. The summed E-state index contributed by atoms with van der Waals surface area (Å²) in [5, 5.41) is 29.8. The Labute approximate surface area is 69.4 Å². The van der Waals surface area contributed by atoms with Gasteiger partial charge < -0.3 is 15.4 Å². The molecular weight excluding hydrogens is 158 g/mol. The van der Waals surface area contributed by atoms with Gasteiger partial charge in [-0.15, -0.1) is 0 Å². The second kappa shape index (κ2) is 3.13. The number of rotatable bonds is 1. The standard InChI is InChI=1S/C8H9NO3/c1-5(9-12)8-6(10)3-2-4-7(8)11/h2-4,10-12H,1H3/b9-5-. The lowest BCUT2D eigenvalue weighted by Gasteiger charge is -2.03. The van der Waals surface area contributed by atoms with E-state index < -0.39 is 0 Å². The van der Waals surface area contributed by atoms with Gasteiger partial charge in [-0.05, 0) is 19.1 Å². The van der Waals surface area contributed by atoms with Crippen LogP contribution in [0.2, 0.25) is 0 Å². The number of nitrogens with zero attached hydrogens (tertiary/aromatic N) is 1. The summed E-state index contributed by atoms with van der Waals surface area (Å²) in [6.07, 6.45) is 0. The summed E-state index contributed by atoms with van der Waals surface area (Å²) in [5.41, 5.74) is 0.325. The van der Waals surface area contributed by atoms with Crippen molar-refractivity contribution in [2.75, 3.05) is 0 Å². The van der Waals surface area contributed by atoms with Crippen LogP contribution in [0.4, 0.5) is 0 Å². The fourth-order valence-electron chi connectivity index (χ4n) is 0.949. The molecule has 4 nitrogen and oxygen atoms in total. The van der Waals surface area contributed by atoms with Gasteiger partial charge >= 0.3 is 0 Å². The molecule has 4 heteroatoms. The first-order chi connectivity index (χ1) is 5.66. The van der Waals surface area contributed by atoms with Crippen molar-refractivity contribution < 1.29 is 15.4 Å². The van der Waals surface area contributed by atoms with Crippen molar-refractivity contribution >= 4 is 5.71 Å². The third-order valence-corrected chi connectivity index (χ3v) is 1.53. The van der Waals surface area contributed by atoms with Crippen molar-refractivity contribution in [1.29, 1.82) is 0 Å². The highest BCUT2D eigenvalue weighted by atomic mass is 16.4. The molecule has 0 saturated heterocycles. The summed E-state index contributed by atoms with van der Waals surface area (Å²) in [7, 11) is 0. The molecule has 0 spiro atoms. The number of aromatic hydroxyl groups is 2. The van der Waals surface area contributed by atoms with Gasteiger partial charge in [0.25, 0.3) is 0 Å². The number of hydrogen-bond donors (Lipinski definition) is 3. The molecule has 0 aliphatic carbocycles. The second-order valence-electron chi connectivity index (χ2n) is 2.36. The summed E-state index contributed by atoms with van der Waals surface area (Å²) < 4.78 is 0. The van der Waals surface area contributed by atoms with Crippen molar-refractivity contribution in [2.45, 2.75) is 6.92 Å². The van der Waals surface area contributed by atoms with E-state index in [1.165, 1.54) is 25.1 Å². The molecule has 1 aromatic carbocycles. The summed E-state index contributed by atoms with van der Waals surface area (Å²) in [4.78, 5) is 0. The van der Waals surface area contributed by atoms with E-state index in [2.05, 4.69) is 5.16 Å². The van der Waals surface area contributed by atoms with E-state index >= 15 is 0 Å². The molecule has 0 heterocycles. The smallest absolute Gasteiger partial charge is 0.128 e. The minimum atomic E-state index is -0.106. The molecule has 0 bridgehead atoms. The molecule has 0 amide bonds. The third kappa shape index (κ3) is 1.32. The van der Waals surface area contributed by atoms with Crippen LogP contribution in [0.15, 0.2) is 23.4 Å². The topological polar surface area (TPSA) is 73.1 Å². The monoisotopic (exact) mass is 167 g/mol. The number of hydrogen-bond acceptors (Lipinski definition) is 4. The van der Waals surface area contributed by atoms with Gasteiger partial charge in [-0.2, -0.15) is 0 Å². The number of phenolic OH excluding ortho intramolecular Hbond substituents is 2. The molecule has 12 heavy (non-hydrogen) atoms. The number of phenols is 2. The van der Waals surface area contributed by atoms with Crippen molar-refractivity contribution in [3.05, 3.63) is 23.8 Å². The minimum absolute atomic E-state index is 0.106. The predicted octanol–water partition coefficient (Wildman–Crippen LogP) is 1.30. The highest BCUT2D eigenvalue weighted by molar-refractivity contribution is 6.02. The van der Waals surface area contributed by atoms with Gasteiger partial charge in [0.05, 0.1) is 11.3 Å². The molecule has 0 radical (unpaired) electrons. The van der Waals surface area contributed by atoms with Gasteiger partial charge in [0.1, 0.15) is 11.5 Å². The Balaban J connectivity index is 3.31. The molecule has 1 aromatic rings. The largest absolute Gasteiger partial charge is 0.507 e. The van der Waals surface area contributed by atoms with Gasteiger partial charge in [0.2, 0.25) is 0 Å². The Morgan fingerprint density at radius 3 is 2.17 bits per heavy atom. The van der Waals surface area contributed by atoms with Crippen LogP contribution < -0.4 is 0 Å². The first-order valence-corrected chi connectivity index (χ1v) is 3.36. The molecule has 0 fully saturated rings. The Morgan fingerprint density at radius 1 is 1.25 bits per heavy atom. The average Bonchev–Trinajstić information content (AvgIpc) is 2.03. The molecule has 1 rings (SSSR count). The van der Waals surface area contributed by atoms with Crippen molar-refractivity contribution in [3.63, 3.8) is 0 Å². The van der Waals surface area contributed by atoms with Crippen molar-refractivity contribution in [2.24, 2.45) is 5.16 Å². The molecule has 0 aliphatic heterocycles. The normalized spacial score (nSPS) is 11.6. The Bertz CT molecular complexity index is 300. The van der Waals surface area contributed by atoms with E-state index in [1.807, 2.05) is 0 Å². The quantitative estimate of drug-likeness (QED) is 0.335. The van der Waals surface area contributed by atoms with Crippen LogP contribution in [-0.2, 0) is 0 Å². The van der Waals surface area contributed by atoms with Gasteiger partial charge in [-0.3, -0.25) is 0 Å². The molecule has 0 aromatic heterocycles. The third-order valence-electron chi connectivity index (χ3n) is 1.53. The van der Waals surface area contributed by atoms with Crippen molar-refractivity contribution in [1.82, 2.24) is 0 Å². The lowest BCUT2D eigenvalue weighted by atomic mass is 10.1. The molecule has 0 aliphatic rings. The first-order valence-electron chi connectivity index (χ1n) is 3.36. The van der Waals surface area contributed by atoms with Crippen LogP contribution in [-0.4, -0.2) is 21.1 Å². The van der Waals surface area contributed by atoms with E-state index in [9.17, 15) is 10.2 Å². The van der Waals surface area contributed by atoms with Crippen molar-refractivity contribution in [3.8, 4) is 11.5 Å². The Kier molecular flexibility index (Phi) is 2.19. The summed E-state index contributed by atoms with van der Waals surface area (Å²) in [5.74, 6) is -0.212. The van der Waals surface area contributed by atoms with E-state index in [1.54, 1.807) is 0 Å². The van der Waals surface area contributed by atoms with E-state index in [0.29, 0.717) is 0 Å².